The molecule has 10 heteroatoms. The first-order chi connectivity index (χ1) is 15.2. The predicted octanol–water partition coefficient (Wildman–Crippen LogP) is 2.83. The number of pyridine rings is 1. The number of nitrogens with one attached hydrogen (secondary N) is 1. The summed E-state index contributed by atoms with van der Waals surface area (Å²) in [6.45, 7) is 3.17. The zero-order valence-electron chi connectivity index (χ0n) is 17.4. The van der Waals surface area contributed by atoms with Crippen LogP contribution in [0.25, 0.3) is 0 Å². The first kappa shape index (κ1) is 23.5. The summed E-state index contributed by atoms with van der Waals surface area (Å²) in [5.74, 6) is -1.66. The summed E-state index contributed by atoms with van der Waals surface area (Å²) in [5.41, 5.74) is 2.00. The Bertz CT molecular complexity index is 955. The maximum atomic E-state index is 12.7. The molecule has 3 heterocycles. The number of aliphatic carboxylic acids is 1. The van der Waals surface area contributed by atoms with Gasteiger partial charge in [-0.2, -0.15) is 13.2 Å². The van der Waals surface area contributed by atoms with Crippen molar-refractivity contribution in [1.82, 2.24) is 15.2 Å². The molecule has 2 aliphatic rings. The summed E-state index contributed by atoms with van der Waals surface area (Å²) >= 11 is 0. The van der Waals surface area contributed by atoms with Gasteiger partial charge in [-0.15, -0.1) is 0 Å². The van der Waals surface area contributed by atoms with Gasteiger partial charge in [0.2, 0.25) is 11.8 Å². The first-order valence-electron chi connectivity index (χ1n) is 10.0. The van der Waals surface area contributed by atoms with E-state index in [1.54, 1.807) is 13.3 Å². The van der Waals surface area contributed by atoms with E-state index in [1.165, 1.54) is 5.56 Å². The van der Waals surface area contributed by atoms with Gasteiger partial charge in [0.05, 0.1) is 12.5 Å². The highest BCUT2D eigenvalue weighted by atomic mass is 19.4. The Labute approximate surface area is 183 Å². The number of carboxylic acid groups (broad SMARTS) is 1. The van der Waals surface area contributed by atoms with Crippen LogP contribution in [0.4, 0.5) is 13.2 Å². The fourth-order valence-corrected chi connectivity index (χ4v) is 4.34. The molecule has 0 radical (unpaired) electrons. The van der Waals surface area contributed by atoms with Gasteiger partial charge in [-0.05, 0) is 24.6 Å². The van der Waals surface area contributed by atoms with Crippen LogP contribution in [0.3, 0.4) is 0 Å². The Morgan fingerprint density at radius 1 is 1.28 bits per heavy atom. The van der Waals surface area contributed by atoms with Crippen LogP contribution in [-0.2, 0) is 16.1 Å². The molecule has 2 atom stereocenters. The smallest absolute Gasteiger partial charge is 0.481 e. The van der Waals surface area contributed by atoms with E-state index in [2.05, 4.69) is 39.5 Å². The van der Waals surface area contributed by atoms with Crippen molar-refractivity contribution < 1.29 is 32.6 Å². The molecule has 0 aliphatic carbocycles. The van der Waals surface area contributed by atoms with Gasteiger partial charge < -0.3 is 15.2 Å². The number of hydrogen-bond donors (Lipinski definition) is 2. The van der Waals surface area contributed by atoms with Gasteiger partial charge in [0.25, 0.3) is 0 Å². The van der Waals surface area contributed by atoms with E-state index < -0.39 is 12.1 Å². The van der Waals surface area contributed by atoms with Crippen LogP contribution in [0.1, 0.15) is 23.5 Å². The van der Waals surface area contributed by atoms with Crippen LogP contribution in [-0.4, -0.2) is 59.8 Å². The van der Waals surface area contributed by atoms with Gasteiger partial charge in [-0.3, -0.25) is 9.69 Å². The first-order valence-corrected chi connectivity index (χ1v) is 10.0. The number of likely N-dealkylation sites (tertiary alicyclic amines) is 1. The minimum atomic E-state index is -5.08. The van der Waals surface area contributed by atoms with Gasteiger partial charge in [0.1, 0.15) is 0 Å². The normalized spacial score (nSPS) is 22.9. The summed E-state index contributed by atoms with van der Waals surface area (Å²) in [6.07, 6.45) is -2.45. The van der Waals surface area contributed by atoms with Gasteiger partial charge in [-0.25, -0.2) is 9.78 Å². The molecule has 172 valence electrons. The molecule has 0 bridgehead atoms. The Kier molecular flexibility index (Phi) is 7.02. The van der Waals surface area contributed by atoms with E-state index in [1.807, 2.05) is 18.2 Å². The number of amides is 1. The zero-order chi connectivity index (χ0) is 23.4. The van der Waals surface area contributed by atoms with Gasteiger partial charge >= 0.3 is 12.1 Å². The number of aromatic nitrogens is 1. The average Bonchev–Trinajstić information content (AvgIpc) is 3.33. The van der Waals surface area contributed by atoms with Crippen molar-refractivity contribution in [3.63, 3.8) is 0 Å². The standard InChI is InChI=1S/C20H23N3O2.C2HF3O2/c1-25-18-16(8-5-10-21-18)13-23-11-9-20(14-23)17(12-22-19(20)24)15-6-3-2-4-7-15;3-2(4,5)1(6)7/h2-8,10,17H,9,11-14H2,1H3,(H,22,24);(H,6,7). The van der Waals surface area contributed by atoms with Crippen molar-refractivity contribution in [1.29, 1.82) is 0 Å². The van der Waals surface area contributed by atoms with E-state index in [4.69, 9.17) is 14.6 Å². The molecule has 1 amide bonds. The number of carboxylic acids is 1. The molecule has 1 spiro atoms. The van der Waals surface area contributed by atoms with Crippen LogP contribution in [0, 0.1) is 5.41 Å². The van der Waals surface area contributed by atoms with Crippen LogP contribution in [0.5, 0.6) is 5.88 Å². The summed E-state index contributed by atoms with van der Waals surface area (Å²) in [7, 11) is 1.65. The highest BCUT2D eigenvalue weighted by Crippen LogP contribution is 2.47. The molecule has 1 aromatic carbocycles. The van der Waals surface area contributed by atoms with Crippen molar-refractivity contribution in [3.8, 4) is 5.88 Å². The predicted molar refractivity (Wildman–Crippen MR) is 109 cm³/mol. The summed E-state index contributed by atoms with van der Waals surface area (Å²) in [6, 6.07) is 14.4. The summed E-state index contributed by atoms with van der Waals surface area (Å²) in [5, 5.41) is 10.2. The number of hydrogen-bond acceptors (Lipinski definition) is 5. The highest BCUT2D eigenvalue weighted by Gasteiger charge is 2.54. The number of benzene rings is 1. The second-order valence-corrected chi connectivity index (χ2v) is 7.76. The van der Waals surface area contributed by atoms with Gasteiger partial charge in [0.15, 0.2) is 0 Å². The Balaban J connectivity index is 0.000000360. The second-order valence-electron chi connectivity index (χ2n) is 7.76. The molecular weight excluding hydrogens is 427 g/mol. The molecule has 0 saturated carbocycles. The molecule has 2 unspecified atom stereocenters. The number of alkyl halides is 3. The van der Waals surface area contributed by atoms with Crippen molar-refractivity contribution in [3.05, 3.63) is 59.8 Å². The van der Waals surface area contributed by atoms with Crippen LogP contribution < -0.4 is 10.1 Å². The van der Waals surface area contributed by atoms with Crippen LogP contribution in [0.15, 0.2) is 48.7 Å². The Hall–Kier alpha value is -3.14. The molecule has 7 nitrogen and oxygen atoms in total. The fourth-order valence-electron chi connectivity index (χ4n) is 4.34. The number of halogens is 3. The number of ether oxygens (including phenoxy) is 1. The van der Waals surface area contributed by atoms with E-state index in [0.717, 1.165) is 38.2 Å². The molecule has 2 saturated heterocycles. The molecule has 1 aromatic heterocycles. The Morgan fingerprint density at radius 3 is 2.59 bits per heavy atom. The lowest BCUT2D eigenvalue weighted by Gasteiger charge is -2.28. The molecule has 2 fully saturated rings. The van der Waals surface area contributed by atoms with E-state index in [-0.39, 0.29) is 17.2 Å². The van der Waals surface area contributed by atoms with Crippen LogP contribution in [0.2, 0.25) is 0 Å². The van der Waals surface area contributed by atoms with Crippen molar-refractivity contribution >= 4 is 11.9 Å². The van der Waals surface area contributed by atoms with Crippen molar-refractivity contribution in [2.75, 3.05) is 26.7 Å². The number of methoxy groups -OCH3 is 1. The number of nitrogens with zero attached hydrogens (tertiary/aromatic N) is 2. The maximum absolute atomic E-state index is 12.7. The average molecular weight is 451 g/mol. The third kappa shape index (κ3) is 5.01. The van der Waals surface area contributed by atoms with Crippen molar-refractivity contribution in [2.45, 2.75) is 25.1 Å². The molecule has 2 N–H and O–H groups in total. The van der Waals surface area contributed by atoms with Gasteiger partial charge in [0, 0.05) is 37.3 Å². The zero-order valence-corrected chi connectivity index (χ0v) is 17.4. The SMILES string of the molecule is COc1ncccc1CN1CCC2(C1)C(=O)NCC2c1ccccc1.O=C(O)C(F)(F)F. The van der Waals surface area contributed by atoms with E-state index >= 15 is 0 Å². The lowest BCUT2D eigenvalue weighted by atomic mass is 9.73. The fraction of sp³-hybridized carbons (Fsp3) is 0.409. The molecule has 4 rings (SSSR count). The molecule has 32 heavy (non-hydrogen) atoms. The molecule has 2 aromatic rings. The van der Waals surface area contributed by atoms with E-state index in [0.29, 0.717) is 5.88 Å². The van der Waals surface area contributed by atoms with E-state index in [9.17, 15) is 18.0 Å². The quantitative estimate of drug-likeness (QED) is 0.743. The van der Waals surface area contributed by atoms with Crippen molar-refractivity contribution in [2.24, 2.45) is 5.41 Å². The third-order valence-corrected chi connectivity index (χ3v) is 5.85. The number of carbonyl (C=O) groups excluding carboxylic acids is 1. The minimum absolute atomic E-state index is 0.196. The van der Waals surface area contributed by atoms with Gasteiger partial charge in [-0.1, -0.05) is 36.4 Å². The molecule has 2 aliphatic heterocycles. The highest BCUT2D eigenvalue weighted by molar-refractivity contribution is 5.87. The maximum Gasteiger partial charge on any atom is 0.490 e. The molecular formula is C22H24F3N3O4. The van der Waals surface area contributed by atoms with Crippen LogP contribution >= 0.6 is 0 Å². The lowest BCUT2D eigenvalue weighted by Crippen LogP contribution is -2.37. The third-order valence-electron chi connectivity index (χ3n) is 5.85. The summed E-state index contributed by atoms with van der Waals surface area (Å²) < 4.78 is 37.1. The second kappa shape index (κ2) is 9.56. The lowest BCUT2D eigenvalue weighted by molar-refractivity contribution is -0.192. The minimum Gasteiger partial charge on any atom is -0.481 e. The topological polar surface area (TPSA) is 91.8 Å². The monoisotopic (exact) mass is 451 g/mol. The Morgan fingerprint density at radius 2 is 1.97 bits per heavy atom. The number of carbonyl (C=O) groups is 2. The summed E-state index contributed by atoms with van der Waals surface area (Å²) in [4.78, 5) is 28.2. The largest absolute Gasteiger partial charge is 0.490 e. The number of rotatable bonds is 4.